The van der Waals surface area contributed by atoms with E-state index in [1.54, 1.807) is 0 Å². The third-order valence-corrected chi connectivity index (χ3v) is 6.48. The van der Waals surface area contributed by atoms with Crippen LogP contribution in [0, 0.1) is 0 Å². The Morgan fingerprint density at radius 3 is 1.67 bits per heavy atom. The van der Waals surface area contributed by atoms with Crippen LogP contribution < -0.4 is 4.90 Å². The van der Waals surface area contributed by atoms with Crippen LogP contribution in [0.5, 0.6) is 0 Å². The summed E-state index contributed by atoms with van der Waals surface area (Å²) in [5.74, 6) is 0.712. The van der Waals surface area contributed by atoms with Crippen molar-refractivity contribution >= 4 is 22.1 Å². The quantitative estimate of drug-likeness (QED) is 0.257. The van der Waals surface area contributed by atoms with E-state index >= 15 is 0 Å². The summed E-state index contributed by atoms with van der Waals surface area (Å²) in [6.07, 6.45) is 0. The molecule has 0 aliphatic heterocycles. The van der Waals surface area contributed by atoms with Gasteiger partial charge in [-0.3, -0.25) is 0 Å². The number of fused-ring (bicyclic) bond motifs is 1. The van der Waals surface area contributed by atoms with E-state index < -0.39 is 0 Å². The zero-order valence-electron chi connectivity index (χ0n) is 20.0. The molecule has 0 bridgehead atoms. The molecule has 0 saturated heterocycles. The van der Waals surface area contributed by atoms with Gasteiger partial charge in [0.2, 0.25) is 0 Å². The predicted octanol–water partition coefficient (Wildman–Crippen LogP) is 8.40. The molecule has 5 aromatic carbocycles. The highest BCUT2D eigenvalue weighted by atomic mass is 15.1. The number of rotatable bonds is 5. The summed E-state index contributed by atoms with van der Waals surface area (Å²) in [6.45, 7) is 0. The molecule has 6 aromatic rings. The standard InChI is InChI=1S/C33H25N3/c1-36(30-20-19-24-11-8-9-16-27(24)21-30)29-18-10-17-28(22-29)33-34-31(25-12-4-2-5-13-25)23-32(35-33)26-14-6-3-7-15-26/h2-23H,1H3. The molecule has 0 aliphatic rings. The molecule has 0 fully saturated rings. The molecule has 172 valence electrons. The SMILES string of the molecule is CN(c1cccc(-c2nc(-c3ccccc3)cc(-c3ccccc3)n2)c1)c1ccc2ccccc2c1. The van der Waals surface area contributed by atoms with Crippen molar-refractivity contribution in [3.05, 3.63) is 133 Å². The molecular formula is C33H25N3. The molecule has 0 radical (unpaired) electrons. The minimum absolute atomic E-state index is 0.712. The lowest BCUT2D eigenvalue weighted by Gasteiger charge is -2.21. The van der Waals surface area contributed by atoms with E-state index in [4.69, 9.17) is 9.97 Å². The summed E-state index contributed by atoms with van der Waals surface area (Å²) >= 11 is 0. The summed E-state index contributed by atoms with van der Waals surface area (Å²) in [5.41, 5.74) is 7.16. The van der Waals surface area contributed by atoms with Crippen LogP contribution in [0.1, 0.15) is 0 Å². The first-order valence-electron chi connectivity index (χ1n) is 12.1. The maximum atomic E-state index is 4.98. The monoisotopic (exact) mass is 463 g/mol. The molecule has 0 aliphatic carbocycles. The first-order chi connectivity index (χ1) is 17.7. The van der Waals surface area contributed by atoms with Gasteiger partial charge in [-0.1, -0.05) is 103 Å². The molecule has 0 spiro atoms. The van der Waals surface area contributed by atoms with E-state index in [9.17, 15) is 0 Å². The third kappa shape index (κ3) is 4.35. The van der Waals surface area contributed by atoms with E-state index in [1.807, 2.05) is 36.4 Å². The molecular weight excluding hydrogens is 438 g/mol. The molecule has 0 amide bonds. The molecule has 0 N–H and O–H groups in total. The highest BCUT2D eigenvalue weighted by Crippen LogP contribution is 2.32. The van der Waals surface area contributed by atoms with Gasteiger partial charge in [-0.2, -0.15) is 0 Å². The smallest absolute Gasteiger partial charge is 0.160 e. The zero-order valence-corrected chi connectivity index (χ0v) is 20.0. The van der Waals surface area contributed by atoms with E-state index in [2.05, 4.69) is 109 Å². The Morgan fingerprint density at radius 2 is 1.00 bits per heavy atom. The third-order valence-electron chi connectivity index (χ3n) is 6.48. The van der Waals surface area contributed by atoms with Gasteiger partial charge in [-0.15, -0.1) is 0 Å². The van der Waals surface area contributed by atoms with Gasteiger partial charge < -0.3 is 4.90 Å². The highest BCUT2D eigenvalue weighted by Gasteiger charge is 2.12. The van der Waals surface area contributed by atoms with Crippen LogP contribution in [0.3, 0.4) is 0 Å². The van der Waals surface area contributed by atoms with Crippen LogP contribution in [0.25, 0.3) is 44.7 Å². The average molecular weight is 464 g/mol. The van der Waals surface area contributed by atoms with Crippen LogP contribution in [-0.4, -0.2) is 17.0 Å². The lowest BCUT2D eigenvalue weighted by Crippen LogP contribution is -2.09. The van der Waals surface area contributed by atoms with E-state index in [0.29, 0.717) is 5.82 Å². The fourth-order valence-electron chi connectivity index (χ4n) is 4.48. The van der Waals surface area contributed by atoms with Crippen molar-refractivity contribution in [3.8, 4) is 33.9 Å². The minimum Gasteiger partial charge on any atom is -0.345 e. The van der Waals surface area contributed by atoms with Gasteiger partial charge in [0.25, 0.3) is 0 Å². The van der Waals surface area contributed by atoms with Gasteiger partial charge in [-0.05, 0) is 41.1 Å². The first-order valence-corrected chi connectivity index (χ1v) is 12.1. The second-order valence-electron chi connectivity index (χ2n) is 8.83. The van der Waals surface area contributed by atoms with Gasteiger partial charge in [-0.25, -0.2) is 9.97 Å². The molecule has 1 heterocycles. The van der Waals surface area contributed by atoms with Crippen LogP contribution in [0.15, 0.2) is 133 Å². The normalized spacial score (nSPS) is 10.9. The van der Waals surface area contributed by atoms with Crippen LogP contribution in [0.4, 0.5) is 11.4 Å². The van der Waals surface area contributed by atoms with Crippen molar-refractivity contribution in [3.63, 3.8) is 0 Å². The number of benzene rings is 5. The van der Waals surface area contributed by atoms with Gasteiger partial charge in [0.05, 0.1) is 11.4 Å². The average Bonchev–Trinajstić information content (AvgIpc) is 2.97. The minimum atomic E-state index is 0.712. The molecule has 0 atom stereocenters. The molecule has 1 aromatic heterocycles. The lowest BCUT2D eigenvalue weighted by atomic mass is 10.1. The highest BCUT2D eigenvalue weighted by molar-refractivity contribution is 5.87. The van der Waals surface area contributed by atoms with E-state index in [-0.39, 0.29) is 0 Å². The number of aromatic nitrogens is 2. The number of nitrogens with zero attached hydrogens (tertiary/aromatic N) is 3. The van der Waals surface area contributed by atoms with Crippen molar-refractivity contribution in [2.45, 2.75) is 0 Å². The van der Waals surface area contributed by atoms with Crippen molar-refractivity contribution in [2.75, 3.05) is 11.9 Å². The number of hydrogen-bond acceptors (Lipinski definition) is 3. The Labute approximate surface area is 211 Å². The molecule has 3 heteroatoms. The van der Waals surface area contributed by atoms with Crippen molar-refractivity contribution < 1.29 is 0 Å². The Kier molecular flexibility index (Phi) is 5.72. The zero-order chi connectivity index (χ0) is 24.3. The van der Waals surface area contributed by atoms with E-state index in [1.165, 1.54) is 10.8 Å². The maximum absolute atomic E-state index is 4.98. The summed E-state index contributed by atoms with van der Waals surface area (Å²) in [5, 5.41) is 2.47. The summed E-state index contributed by atoms with van der Waals surface area (Å²) in [6, 6.07) is 46.1. The van der Waals surface area contributed by atoms with Gasteiger partial charge in [0, 0.05) is 35.1 Å². The van der Waals surface area contributed by atoms with Crippen molar-refractivity contribution in [1.82, 2.24) is 9.97 Å². The van der Waals surface area contributed by atoms with Gasteiger partial charge >= 0.3 is 0 Å². The molecule has 36 heavy (non-hydrogen) atoms. The van der Waals surface area contributed by atoms with Crippen LogP contribution in [0.2, 0.25) is 0 Å². The molecule has 0 unspecified atom stereocenters. The summed E-state index contributed by atoms with van der Waals surface area (Å²) < 4.78 is 0. The first kappa shape index (κ1) is 21.8. The Bertz CT molecular complexity index is 1590. The Hall–Kier alpha value is -4.76. The molecule has 6 rings (SSSR count). The van der Waals surface area contributed by atoms with E-state index in [0.717, 1.165) is 39.5 Å². The largest absolute Gasteiger partial charge is 0.345 e. The van der Waals surface area contributed by atoms with Crippen molar-refractivity contribution in [2.24, 2.45) is 0 Å². The topological polar surface area (TPSA) is 29.0 Å². The Morgan fingerprint density at radius 1 is 0.444 bits per heavy atom. The maximum Gasteiger partial charge on any atom is 0.160 e. The summed E-state index contributed by atoms with van der Waals surface area (Å²) in [4.78, 5) is 12.2. The van der Waals surface area contributed by atoms with Crippen LogP contribution in [-0.2, 0) is 0 Å². The van der Waals surface area contributed by atoms with Crippen LogP contribution >= 0.6 is 0 Å². The Balaban J connectivity index is 1.43. The molecule has 0 saturated carbocycles. The summed E-state index contributed by atoms with van der Waals surface area (Å²) in [7, 11) is 2.10. The van der Waals surface area contributed by atoms with Gasteiger partial charge in [0.1, 0.15) is 0 Å². The number of anilines is 2. The second kappa shape index (κ2) is 9.47. The second-order valence-corrected chi connectivity index (χ2v) is 8.83. The predicted molar refractivity (Wildman–Crippen MR) is 150 cm³/mol. The lowest BCUT2D eigenvalue weighted by molar-refractivity contribution is 1.17. The number of hydrogen-bond donors (Lipinski definition) is 0. The fraction of sp³-hybridized carbons (Fsp3) is 0.0303. The fourth-order valence-corrected chi connectivity index (χ4v) is 4.48. The van der Waals surface area contributed by atoms with Crippen molar-refractivity contribution in [1.29, 1.82) is 0 Å². The molecule has 3 nitrogen and oxygen atoms in total. The van der Waals surface area contributed by atoms with Gasteiger partial charge in [0.15, 0.2) is 5.82 Å².